The molecule has 3 aromatic rings. The molecule has 0 bridgehead atoms. The van der Waals surface area contributed by atoms with Gasteiger partial charge in [-0.2, -0.15) is 0 Å². The summed E-state index contributed by atoms with van der Waals surface area (Å²) >= 11 is 6.34. The van der Waals surface area contributed by atoms with Crippen LogP contribution in [0.15, 0.2) is 36.8 Å². The van der Waals surface area contributed by atoms with Gasteiger partial charge in [0.05, 0.1) is 11.4 Å². The van der Waals surface area contributed by atoms with E-state index in [1.165, 1.54) is 0 Å². The molecule has 108 valence electrons. The molecule has 0 aliphatic heterocycles. The molecule has 0 radical (unpaired) electrons. The van der Waals surface area contributed by atoms with Gasteiger partial charge in [-0.05, 0) is 44.0 Å². The van der Waals surface area contributed by atoms with Gasteiger partial charge in [-0.25, -0.2) is 9.97 Å². The third-order valence-electron chi connectivity index (χ3n) is 3.72. The summed E-state index contributed by atoms with van der Waals surface area (Å²) in [5.41, 5.74) is 4.00. The standard InChI is InChI=1S/C16H17ClN4/c1-10-6-8-19-16-14(10)20-15(11(2)17)21(16)12(3)13-5-4-7-18-9-13/h4-9,11-12H,1-3H3. The second kappa shape index (κ2) is 5.45. The van der Waals surface area contributed by atoms with E-state index in [1.54, 1.807) is 6.20 Å². The first-order valence-corrected chi connectivity index (χ1v) is 7.40. The van der Waals surface area contributed by atoms with E-state index in [0.29, 0.717) is 0 Å². The fourth-order valence-electron chi connectivity index (χ4n) is 2.56. The van der Waals surface area contributed by atoms with Crippen LogP contribution in [0.2, 0.25) is 0 Å². The van der Waals surface area contributed by atoms with Crippen molar-refractivity contribution in [3.63, 3.8) is 0 Å². The largest absolute Gasteiger partial charge is 0.304 e. The molecule has 3 heterocycles. The number of hydrogen-bond donors (Lipinski definition) is 0. The van der Waals surface area contributed by atoms with Crippen molar-refractivity contribution in [2.75, 3.05) is 0 Å². The van der Waals surface area contributed by atoms with Crippen molar-refractivity contribution < 1.29 is 0 Å². The fourth-order valence-corrected chi connectivity index (χ4v) is 2.72. The van der Waals surface area contributed by atoms with Gasteiger partial charge in [0.1, 0.15) is 11.3 Å². The van der Waals surface area contributed by atoms with Crippen LogP contribution >= 0.6 is 11.6 Å². The summed E-state index contributed by atoms with van der Waals surface area (Å²) in [5.74, 6) is 0.838. The van der Waals surface area contributed by atoms with Gasteiger partial charge >= 0.3 is 0 Å². The van der Waals surface area contributed by atoms with E-state index in [4.69, 9.17) is 16.6 Å². The van der Waals surface area contributed by atoms with Crippen LogP contribution in [0.5, 0.6) is 0 Å². The van der Waals surface area contributed by atoms with Crippen LogP contribution in [-0.4, -0.2) is 19.5 Å². The van der Waals surface area contributed by atoms with E-state index in [1.807, 2.05) is 38.4 Å². The second-order valence-electron chi connectivity index (χ2n) is 5.22. The molecule has 0 amide bonds. The topological polar surface area (TPSA) is 43.6 Å². The summed E-state index contributed by atoms with van der Waals surface area (Å²) in [6.45, 7) is 6.09. The number of halogens is 1. The molecule has 5 heteroatoms. The average molecular weight is 301 g/mol. The smallest absolute Gasteiger partial charge is 0.160 e. The van der Waals surface area contributed by atoms with Crippen molar-refractivity contribution in [3.8, 4) is 0 Å². The normalized spacial score (nSPS) is 14.3. The van der Waals surface area contributed by atoms with E-state index in [2.05, 4.69) is 27.5 Å². The molecule has 0 fully saturated rings. The number of aromatic nitrogens is 4. The third-order valence-corrected chi connectivity index (χ3v) is 3.91. The van der Waals surface area contributed by atoms with Gasteiger partial charge in [-0.1, -0.05) is 6.07 Å². The lowest BCUT2D eigenvalue weighted by molar-refractivity contribution is 0.612. The van der Waals surface area contributed by atoms with Gasteiger partial charge in [0.2, 0.25) is 0 Å². The van der Waals surface area contributed by atoms with Crippen LogP contribution in [-0.2, 0) is 0 Å². The minimum atomic E-state index is -0.183. The summed E-state index contributed by atoms with van der Waals surface area (Å²) in [4.78, 5) is 13.4. The first-order valence-electron chi connectivity index (χ1n) is 6.97. The number of aryl methyl sites for hydroxylation is 1. The van der Waals surface area contributed by atoms with E-state index in [-0.39, 0.29) is 11.4 Å². The third kappa shape index (κ3) is 2.40. The quantitative estimate of drug-likeness (QED) is 0.686. The zero-order valence-corrected chi connectivity index (χ0v) is 13.0. The van der Waals surface area contributed by atoms with Gasteiger partial charge in [-0.15, -0.1) is 11.6 Å². The van der Waals surface area contributed by atoms with Crippen LogP contribution in [0.3, 0.4) is 0 Å². The predicted octanol–water partition coefficient (Wildman–Crippen LogP) is 4.04. The molecule has 2 unspecified atom stereocenters. The lowest BCUT2D eigenvalue weighted by atomic mass is 10.1. The molecule has 3 aromatic heterocycles. The minimum Gasteiger partial charge on any atom is -0.304 e. The lowest BCUT2D eigenvalue weighted by Gasteiger charge is -2.18. The highest BCUT2D eigenvalue weighted by Gasteiger charge is 2.21. The van der Waals surface area contributed by atoms with Crippen molar-refractivity contribution in [3.05, 3.63) is 53.7 Å². The highest BCUT2D eigenvalue weighted by atomic mass is 35.5. The molecule has 3 rings (SSSR count). The lowest BCUT2D eigenvalue weighted by Crippen LogP contribution is -2.12. The Morgan fingerprint density at radius 2 is 2.00 bits per heavy atom. The molecule has 0 saturated carbocycles. The Balaban J connectivity index is 2.25. The maximum Gasteiger partial charge on any atom is 0.160 e. The van der Waals surface area contributed by atoms with E-state index in [9.17, 15) is 0 Å². The first-order chi connectivity index (χ1) is 10.1. The number of hydrogen-bond acceptors (Lipinski definition) is 3. The molecule has 0 aliphatic rings. The molecule has 0 aromatic carbocycles. The zero-order chi connectivity index (χ0) is 15.0. The van der Waals surface area contributed by atoms with Crippen molar-refractivity contribution in [2.45, 2.75) is 32.2 Å². The molecule has 0 spiro atoms. The maximum atomic E-state index is 6.34. The molecule has 0 saturated heterocycles. The molecule has 2 atom stereocenters. The Morgan fingerprint density at radius 1 is 1.19 bits per heavy atom. The molecule has 21 heavy (non-hydrogen) atoms. The Bertz CT molecular complexity index is 765. The summed E-state index contributed by atoms with van der Waals surface area (Å²) in [7, 11) is 0. The summed E-state index contributed by atoms with van der Waals surface area (Å²) in [5, 5.41) is -0.183. The van der Waals surface area contributed by atoms with Crippen LogP contribution in [0.4, 0.5) is 0 Å². The minimum absolute atomic E-state index is 0.0780. The van der Waals surface area contributed by atoms with Gasteiger partial charge in [-0.3, -0.25) is 4.98 Å². The number of alkyl halides is 1. The fraction of sp³-hybridized carbons (Fsp3) is 0.312. The maximum absolute atomic E-state index is 6.34. The number of pyridine rings is 2. The number of rotatable bonds is 3. The number of fused-ring (bicyclic) bond motifs is 1. The highest BCUT2D eigenvalue weighted by Crippen LogP contribution is 2.30. The van der Waals surface area contributed by atoms with Crippen molar-refractivity contribution in [1.29, 1.82) is 0 Å². The Labute approximate surface area is 128 Å². The van der Waals surface area contributed by atoms with Gasteiger partial charge in [0.25, 0.3) is 0 Å². The highest BCUT2D eigenvalue weighted by molar-refractivity contribution is 6.20. The van der Waals surface area contributed by atoms with Crippen molar-refractivity contribution >= 4 is 22.8 Å². The Kier molecular flexibility index (Phi) is 3.64. The van der Waals surface area contributed by atoms with Crippen LogP contribution < -0.4 is 0 Å². The summed E-state index contributed by atoms with van der Waals surface area (Å²) in [6.07, 6.45) is 5.46. The Hall–Kier alpha value is -1.94. The second-order valence-corrected chi connectivity index (χ2v) is 5.87. The number of imidazole rings is 1. The van der Waals surface area contributed by atoms with Crippen molar-refractivity contribution in [1.82, 2.24) is 19.5 Å². The predicted molar refractivity (Wildman–Crippen MR) is 84.6 cm³/mol. The van der Waals surface area contributed by atoms with Gasteiger partial charge in [0.15, 0.2) is 5.65 Å². The SMILES string of the molecule is Cc1ccnc2c1nc(C(C)Cl)n2C(C)c1cccnc1. The van der Waals surface area contributed by atoms with Crippen LogP contribution in [0.25, 0.3) is 11.2 Å². The van der Waals surface area contributed by atoms with E-state index >= 15 is 0 Å². The molecular weight excluding hydrogens is 284 g/mol. The van der Waals surface area contributed by atoms with Gasteiger partial charge in [0, 0.05) is 18.6 Å². The summed E-state index contributed by atoms with van der Waals surface area (Å²) < 4.78 is 2.11. The van der Waals surface area contributed by atoms with E-state index < -0.39 is 0 Å². The van der Waals surface area contributed by atoms with E-state index in [0.717, 1.165) is 28.1 Å². The zero-order valence-electron chi connectivity index (χ0n) is 12.3. The molecule has 0 aliphatic carbocycles. The first kappa shape index (κ1) is 14.0. The number of nitrogens with zero attached hydrogens (tertiary/aromatic N) is 4. The average Bonchev–Trinajstić information content (AvgIpc) is 2.88. The monoisotopic (exact) mass is 300 g/mol. The van der Waals surface area contributed by atoms with Crippen LogP contribution in [0, 0.1) is 6.92 Å². The van der Waals surface area contributed by atoms with Crippen LogP contribution in [0.1, 0.15) is 42.2 Å². The molecular formula is C16H17ClN4. The van der Waals surface area contributed by atoms with Gasteiger partial charge < -0.3 is 4.57 Å². The molecule has 0 N–H and O–H groups in total. The molecule has 4 nitrogen and oxygen atoms in total. The van der Waals surface area contributed by atoms with Crippen molar-refractivity contribution in [2.24, 2.45) is 0 Å². The Morgan fingerprint density at radius 3 is 2.67 bits per heavy atom. The summed E-state index contributed by atoms with van der Waals surface area (Å²) in [6, 6.07) is 6.04.